The summed E-state index contributed by atoms with van der Waals surface area (Å²) in [6.45, 7) is 0. The Bertz CT molecular complexity index is 1880. The minimum absolute atomic E-state index is 0.0347. The minimum Gasteiger partial charge on any atom is -0.497 e. The average molecular weight is 600 g/mol. The number of aromatic nitrogens is 2. The number of nitrogens with zero attached hydrogens (tertiary/aromatic N) is 2. The molecule has 0 radical (unpaired) electrons. The van der Waals surface area contributed by atoms with Gasteiger partial charge in [-0.3, -0.25) is 9.52 Å². The lowest BCUT2D eigenvalue weighted by atomic mass is 9.91. The third kappa shape index (κ3) is 6.44. The first-order valence-corrected chi connectivity index (χ1v) is 14.5. The van der Waals surface area contributed by atoms with E-state index >= 15 is 0 Å². The molecule has 1 unspecified atom stereocenters. The van der Waals surface area contributed by atoms with E-state index in [1.165, 1.54) is 33.5 Å². The molecule has 43 heavy (non-hydrogen) atoms. The first-order valence-electron chi connectivity index (χ1n) is 13.0. The SMILES string of the molecule is COc1ccc(C(C(N)=O)c2cccc(S(=O)(=O)Nc3nc4ccccc4nc3Nc3cc(OC)cc(OC)c3)c2)cc1. The number of ether oxygens (including phenoxy) is 3. The van der Waals surface area contributed by atoms with Crippen LogP contribution in [0, 0.1) is 0 Å². The van der Waals surface area contributed by atoms with Crippen molar-refractivity contribution in [1.82, 2.24) is 9.97 Å². The van der Waals surface area contributed by atoms with Crippen LogP contribution in [-0.2, 0) is 14.8 Å². The zero-order chi connectivity index (χ0) is 30.6. The zero-order valence-electron chi connectivity index (χ0n) is 23.6. The fraction of sp³-hybridized carbons (Fsp3) is 0.129. The highest BCUT2D eigenvalue weighted by Gasteiger charge is 2.24. The van der Waals surface area contributed by atoms with E-state index in [1.807, 2.05) is 6.07 Å². The number of methoxy groups -OCH3 is 3. The Morgan fingerprint density at radius 3 is 1.91 bits per heavy atom. The van der Waals surface area contributed by atoms with Crippen LogP contribution in [0.4, 0.5) is 17.3 Å². The van der Waals surface area contributed by atoms with Gasteiger partial charge in [0.25, 0.3) is 10.0 Å². The Morgan fingerprint density at radius 1 is 0.721 bits per heavy atom. The summed E-state index contributed by atoms with van der Waals surface area (Å²) in [6.07, 6.45) is 0. The van der Waals surface area contributed by atoms with Crippen LogP contribution >= 0.6 is 0 Å². The van der Waals surface area contributed by atoms with Gasteiger partial charge in [0.2, 0.25) is 5.91 Å². The van der Waals surface area contributed by atoms with Crippen molar-refractivity contribution >= 4 is 44.3 Å². The summed E-state index contributed by atoms with van der Waals surface area (Å²) in [4.78, 5) is 21.6. The third-order valence-corrected chi connectivity index (χ3v) is 7.99. The number of hydrogen-bond donors (Lipinski definition) is 3. The monoisotopic (exact) mass is 599 g/mol. The van der Waals surface area contributed by atoms with Crippen LogP contribution in [0.5, 0.6) is 17.2 Å². The quantitative estimate of drug-likeness (QED) is 0.194. The van der Waals surface area contributed by atoms with Gasteiger partial charge in [-0.05, 0) is 47.5 Å². The van der Waals surface area contributed by atoms with Gasteiger partial charge >= 0.3 is 0 Å². The molecule has 1 heterocycles. The second-order valence-electron chi connectivity index (χ2n) is 9.42. The highest BCUT2D eigenvalue weighted by atomic mass is 32.2. The number of carbonyl (C=O) groups excluding carboxylic acids is 1. The molecule has 0 aliphatic heterocycles. The van der Waals surface area contributed by atoms with Crippen molar-refractivity contribution in [3.8, 4) is 17.2 Å². The van der Waals surface area contributed by atoms with E-state index in [-0.39, 0.29) is 16.5 Å². The van der Waals surface area contributed by atoms with Crippen LogP contribution < -0.4 is 30.0 Å². The average Bonchev–Trinajstić information content (AvgIpc) is 3.01. The molecule has 0 spiro atoms. The fourth-order valence-electron chi connectivity index (χ4n) is 4.54. The molecular formula is C31H29N5O6S. The number of sulfonamides is 1. The molecule has 1 amide bonds. The number of amides is 1. The van der Waals surface area contributed by atoms with Gasteiger partial charge in [0.1, 0.15) is 17.2 Å². The highest BCUT2D eigenvalue weighted by Crippen LogP contribution is 2.32. The van der Waals surface area contributed by atoms with Crippen LogP contribution in [0.1, 0.15) is 17.0 Å². The lowest BCUT2D eigenvalue weighted by Gasteiger charge is -2.17. The molecule has 0 fully saturated rings. The first-order chi connectivity index (χ1) is 20.7. The predicted molar refractivity (Wildman–Crippen MR) is 164 cm³/mol. The van der Waals surface area contributed by atoms with E-state index in [4.69, 9.17) is 19.9 Å². The van der Waals surface area contributed by atoms with Crippen molar-refractivity contribution in [2.24, 2.45) is 5.73 Å². The predicted octanol–water partition coefficient (Wildman–Crippen LogP) is 4.82. The van der Waals surface area contributed by atoms with E-state index in [0.717, 1.165) is 0 Å². The molecular weight excluding hydrogens is 570 g/mol. The van der Waals surface area contributed by atoms with Crippen molar-refractivity contribution in [2.75, 3.05) is 31.4 Å². The number of fused-ring (bicyclic) bond motifs is 1. The molecule has 1 atom stereocenters. The van der Waals surface area contributed by atoms with Gasteiger partial charge in [0.05, 0.1) is 43.2 Å². The molecule has 5 aromatic rings. The van der Waals surface area contributed by atoms with E-state index in [2.05, 4.69) is 20.0 Å². The molecule has 1 aromatic heterocycles. The minimum atomic E-state index is -4.21. The molecule has 0 aliphatic rings. The van der Waals surface area contributed by atoms with Crippen molar-refractivity contribution in [3.63, 3.8) is 0 Å². The molecule has 11 nitrogen and oxygen atoms in total. The molecule has 0 saturated heterocycles. The van der Waals surface area contributed by atoms with Crippen LogP contribution in [-0.4, -0.2) is 45.6 Å². The molecule has 5 rings (SSSR count). The van der Waals surface area contributed by atoms with E-state index < -0.39 is 21.8 Å². The number of nitrogens with one attached hydrogen (secondary N) is 2. The third-order valence-electron chi connectivity index (χ3n) is 6.65. The van der Waals surface area contributed by atoms with Gasteiger partial charge in [-0.25, -0.2) is 18.4 Å². The summed E-state index contributed by atoms with van der Waals surface area (Å²) in [6, 6.07) is 25.1. The molecule has 220 valence electrons. The van der Waals surface area contributed by atoms with Crippen LogP contribution in [0.25, 0.3) is 11.0 Å². The molecule has 4 N–H and O–H groups in total. The fourth-order valence-corrected chi connectivity index (χ4v) is 5.60. The summed E-state index contributed by atoms with van der Waals surface area (Å²) >= 11 is 0. The second kappa shape index (κ2) is 12.2. The Balaban J connectivity index is 1.53. The number of rotatable bonds is 11. The summed E-state index contributed by atoms with van der Waals surface area (Å²) in [5.74, 6) is 0.260. The topological polar surface area (TPSA) is 155 Å². The number of carbonyl (C=O) groups is 1. The van der Waals surface area contributed by atoms with Crippen molar-refractivity contribution in [3.05, 3.63) is 102 Å². The van der Waals surface area contributed by atoms with E-state index in [1.54, 1.807) is 72.8 Å². The highest BCUT2D eigenvalue weighted by molar-refractivity contribution is 7.92. The van der Waals surface area contributed by atoms with Gasteiger partial charge in [-0.15, -0.1) is 0 Å². The standard InChI is InChI=1S/C31H29N5O6S/c1-40-22-13-11-19(12-14-22)28(29(32)37)20-7-6-8-25(15-20)43(38,39)36-31-30(34-26-9-4-5-10-27(26)35-31)33-21-16-23(41-2)18-24(17-21)42-3/h4-18,28H,1-3H3,(H2,32,37)(H,33,34)(H,35,36). The summed E-state index contributed by atoms with van der Waals surface area (Å²) in [7, 11) is 0.382. The Hall–Kier alpha value is -5.36. The van der Waals surface area contributed by atoms with Crippen molar-refractivity contribution in [1.29, 1.82) is 0 Å². The zero-order valence-corrected chi connectivity index (χ0v) is 24.4. The Morgan fingerprint density at radius 2 is 1.33 bits per heavy atom. The number of benzene rings is 4. The Labute approximate surface area is 248 Å². The van der Waals surface area contributed by atoms with Gasteiger partial charge in [-0.2, -0.15) is 0 Å². The normalized spacial score (nSPS) is 11.9. The largest absolute Gasteiger partial charge is 0.497 e. The van der Waals surface area contributed by atoms with Crippen molar-refractivity contribution in [2.45, 2.75) is 10.8 Å². The van der Waals surface area contributed by atoms with E-state index in [9.17, 15) is 13.2 Å². The number of para-hydroxylation sites is 2. The van der Waals surface area contributed by atoms with Crippen molar-refractivity contribution < 1.29 is 27.4 Å². The lowest BCUT2D eigenvalue weighted by molar-refractivity contribution is -0.118. The van der Waals surface area contributed by atoms with Gasteiger partial charge in [0.15, 0.2) is 11.6 Å². The molecule has 12 heteroatoms. The van der Waals surface area contributed by atoms with Crippen LogP contribution in [0.3, 0.4) is 0 Å². The first kappa shape index (κ1) is 29.1. The molecule has 4 aromatic carbocycles. The summed E-state index contributed by atoms with van der Waals surface area (Å²) in [5.41, 5.74) is 8.33. The number of nitrogens with two attached hydrogens (primary N) is 1. The van der Waals surface area contributed by atoms with Gasteiger partial charge < -0.3 is 25.3 Å². The molecule has 0 saturated carbocycles. The summed E-state index contributed by atoms with van der Waals surface area (Å²) in [5, 5.41) is 3.13. The number of anilines is 3. The van der Waals surface area contributed by atoms with Gasteiger partial charge in [-0.1, -0.05) is 36.4 Å². The van der Waals surface area contributed by atoms with Gasteiger partial charge in [0, 0.05) is 23.9 Å². The maximum absolute atomic E-state index is 13.7. The number of primary amides is 1. The van der Waals surface area contributed by atoms with Crippen LogP contribution in [0.2, 0.25) is 0 Å². The number of hydrogen-bond acceptors (Lipinski definition) is 9. The van der Waals surface area contributed by atoms with Crippen LogP contribution in [0.15, 0.2) is 95.9 Å². The lowest BCUT2D eigenvalue weighted by Crippen LogP contribution is -2.23. The smallest absolute Gasteiger partial charge is 0.263 e. The molecule has 0 bridgehead atoms. The Kier molecular flexibility index (Phi) is 8.30. The van der Waals surface area contributed by atoms with E-state index in [0.29, 0.717) is 45.1 Å². The molecule has 0 aliphatic carbocycles. The second-order valence-corrected chi connectivity index (χ2v) is 11.1. The maximum atomic E-state index is 13.7. The summed E-state index contributed by atoms with van der Waals surface area (Å²) < 4.78 is 45.9. The maximum Gasteiger partial charge on any atom is 0.263 e.